The lowest BCUT2D eigenvalue weighted by Gasteiger charge is -2.09. The van der Waals surface area contributed by atoms with Gasteiger partial charge in [-0.2, -0.15) is 0 Å². The minimum absolute atomic E-state index is 0.108. The zero-order chi connectivity index (χ0) is 19.3. The zero-order valence-electron chi connectivity index (χ0n) is 15.8. The normalized spacial score (nSPS) is 13.6. The first-order valence-electron chi connectivity index (χ1n) is 9.74. The third-order valence-electron chi connectivity index (χ3n) is 5.67. The molecule has 3 nitrogen and oxygen atoms in total. The van der Waals surface area contributed by atoms with Crippen LogP contribution < -0.4 is 0 Å². The summed E-state index contributed by atoms with van der Waals surface area (Å²) >= 11 is 3.52. The Hall–Kier alpha value is -2.59. The van der Waals surface area contributed by atoms with Gasteiger partial charge in [0.1, 0.15) is 5.65 Å². The van der Waals surface area contributed by atoms with Crippen LogP contribution in [0.5, 0.6) is 0 Å². The molecule has 1 aliphatic heterocycles. The number of carbonyl (C=O) groups excluding carboxylic acids is 1. The second kappa shape index (κ2) is 6.78. The average molecular weight is 433 g/mol. The van der Waals surface area contributed by atoms with E-state index < -0.39 is 0 Å². The fourth-order valence-electron chi connectivity index (χ4n) is 4.50. The highest BCUT2D eigenvalue weighted by atomic mass is 79.9. The third kappa shape index (κ3) is 2.67. The van der Waals surface area contributed by atoms with Crippen molar-refractivity contribution in [3.05, 3.63) is 76.5 Å². The second-order valence-electron chi connectivity index (χ2n) is 7.45. The van der Waals surface area contributed by atoms with Crippen LogP contribution in [0.2, 0.25) is 0 Å². The summed E-state index contributed by atoms with van der Waals surface area (Å²) in [5.74, 6) is 0.108. The van der Waals surface area contributed by atoms with Crippen LogP contribution in [0.3, 0.4) is 0 Å². The Morgan fingerprint density at radius 2 is 1.71 bits per heavy atom. The molecule has 0 atom stereocenters. The molecule has 28 heavy (non-hydrogen) atoms. The summed E-state index contributed by atoms with van der Waals surface area (Å²) < 4.78 is 5.60. The van der Waals surface area contributed by atoms with Gasteiger partial charge in [0.05, 0.1) is 11.4 Å². The summed E-state index contributed by atoms with van der Waals surface area (Å²) in [5, 5.41) is 0. The molecule has 0 amide bonds. The predicted octanol–water partition coefficient (Wildman–Crippen LogP) is 6.38. The number of Topliss-reactive ketones (excluding diaryl/α,β-unsaturated/α-hetero) is 1. The van der Waals surface area contributed by atoms with Crippen molar-refractivity contribution in [3.63, 3.8) is 0 Å². The molecule has 0 unspecified atom stereocenters. The number of hydrogen-bond acceptors (Lipinski definition) is 1. The number of halogens is 1. The molecule has 0 saturated carbocycles. The van der Waals surface area contributed by atoms with Gasteiger partial charge >= 0.3 is 0 Å². The summed E-state index contributed by atoms with van der Waals surface area (Å²) in [7, 11) is 0. The highest BCUT2D eigenvalue weighted by Gasteiger charge is 2.27. The van der Waals surface area contributed by atoms with Crippen LogP contribution in [0.15, 0.2) is 65.3 Å². The van der Waals surface area contributed by atoms with E-state index in [2.05, 4.69) is 79.6 Å². The number of aromatic nitrogens is 2. The van der Waals surface area contributed by atoms with Gasteiger partial charge in [-0.05, 0) is 42.5 Å². The number of hydrogen-bond donors (Lipinski definition) is 0. The van der Waals surface area contributed by atoms with Crippen molar-refractivity contribution < 1.29 is 4.79 Å². The number of rotatable bonds is 3. The molecule has 0 saturated heterocycles. The molecule has 2 aromatic carbocycles. The van der Waals surface area contributed by atoms with Crippen molar-refractivity contribution in [1.29, 1.82) is 0 Å². The number of benzene rings is 2. The van der Waals surface area contributed by atoms with Crippen molar-refractivity contribution in [2.45, 2.75) is 32.7 Å². The standard InChI is InChI=1S/C24H21BrN2O/c1-16(28)23-22(18-10-12-19(25)13-11-18)20-9-5-6-14-26-21(15-27(23)24(20)26)17-7-3-2-4-8-17/h2-4,7-8,10-13,15H,5-6,9,14H2,1H3. The Morgan fingerprint density at radius 3 is 2.43 bits per heavy atom. The van der Waals surface area contributed by atoms with Crippen LogP contribution in [-0.2, 0) is 13.0 Å². The van der Waals surface area contributed by atoms with E-state index in [1.165, 1.54) is 22.5 Å². The molecule has 1 aliphatic rings. The number of imidazole rings is 1. The highest BCUT2D eigenvalue weighted by Crippen LogP contribution is 2.39. The van der Waals surface area contributed by atoms with Gasteiger partial charge in [0, 0.05) is 35.3 Å². The lowest BCUT2D eigenvalue weighted by atomic mass is 9.97. The van der Waals surface area contributed by atoms with E-state index in [0.29, 0.717) is 0 Å². The maximum atomic E-state index is 12.8. The summed E-state index contributed by atoms with van der Waals surface area (Å²) in [4.78, 5) is 12.8. The summed E-state index contributed by atoms with van der Waals surface area (Å²) in [6, 6.07) is 18.8. The molecule has 0 N–H and O–H groups in total. The van der Waals surface area contributed by atoms with E-state index in [9.17, 15) is 4.79 Å². The molecule has 0 aliphatic carbocycles. The van der Waals surface area contributed by atoms with Gasteiger partial charge in [0.2, 0.25) is 0 Å². The lowest BCUT2D eigenvalue weighted by Crippen LogP contribution is -2.00. The van der Waals surface area contributed by atoms with Crippen molar-refractivity contribution in [1.82, 2.24) is 8.97 Å². The smallest absolute Gasteiger partial charge is 0.177 e. The molecule has 4 aromatic rings. The van der Waals surface area contributed by atoms with E-state index in [1.807, 2.05) is 6.07 Å². The van der Waals surface area contributed by atoms with Crippen molar-refractivity contribution >= 4 is 27.4 Å². The van der Waals surface area contributed by atoms with Crippen molar-refractivity contribution in [2.75, 3.05) is 0 Å². The summed E-state index contributed by atoms with van der Waals surface area (Å²) in [6.07, 6.45) is 5.43. The molecule has 0 bridgehead atoms. The van der Waals surface area contributed by atoms with Gasteiger partial charge in [-0.25, -0.2) is 0 Å². The van der Waals surface area contributed by atoms with Crippen LogP contribution in [0.25, 0.3) is 28.0 Å². The van der Waals surface area contributed by atoms with Crippen molar-refractivity contribution in [3.8, 4) is 22.4 Å². The first-order valence-corrected chi connectivity index (χ1v) is 10.5. The van der Waals surface area contributed by atoms with Gasteiger partial charge in [-0.1, -0.05) is 58.4 Å². The maximum Gasteiger partial charge on any atom is 0.177 e. The Bertz CT molecular complexity index is 1180. The third-order valence-corrected chi connectivity index (χ3v) is 6.20. The minimum Gasteiger partial charge on any atom is -0.325 e. The second-order valence-corrected chi connectivity index (χ2v) is 8.36. The van der Waals surface area contributed by atoms with E-state index in [1.54, 1.807) is 6.92 Å². The minimum atomic E-state index is 0.108. The van der Waals surface area contributed by atoms with Gasteiger partial charge in [-0.3, -0.25) is 9.20 Å². The molecule has 5 rings (SSSR count). The molecular weight excluding hydrogens is 412 g/mol. The monoisotopic (exact) mass is 432 g/mol. The predicted molar refractivity (Wildman–Crippen MR) is 117 cm³/mol. The fraction of sp³-hybridized carbons (Fsp3) is 0.208. The van der Waals surface area contributed by atoms with E-state index in [4.69, 9.17) is 0 Å². The average Bonchev–Trinajstić information content (AvgIpc) is 3.12. The van der Waals surface area contributed by atoms with Crippen LogP contribution in [0.4, 0.5) is 0 Å². The zero-order valence-corrected chi connectivity index (χ0v) is 17.4. The SMILES string of the molecule is CC(=O)c1c(-c2ccc(Br)cc2)c2c3n(c(-c4ccccc4)cn13)CCCC2. The number of carbonyl (C=O) groups is 1. The molecule has 0 spiro atoms. The molecule has 140 valence electrons. The maximum absolute atomic E-state index is 12.8. The first kappa shape index (κ1) is 17.5. The Balaban J connectivity index is 1.86. The van der Waals surface area contributed by atoms with E-state index in [-0.39, 0.29) is 5.78 Å². The van der Waals surface area contributed by atoms with E-state index in [0.717, 1.165) is 47.1 Å². The fourth-order valence-corrected chi connectivity index (χ4v) is 4.76. The lowest BCUT2D eigenvalue weighted by molar-refractivity contribution is 0.101. The summed E-state index contributed by atoms with van der Waals surface area (Å²) in [5.41, 5.74) is 7.87. The van der Waals surface area contributed by atoms with E-state index >= 15 is 0 Å². The quantitative estimate of drug-likeness (QED) is 0.345. The molecule has 4 heteroatoms. The molecule has 2 aromatic heterocycles. The number of ketones is 1. The Labute approximate surface area is 172 Å². The van der Waals surface area contributed by atoms with Crippen LogP contribution in [-0.4, -0.2) is 14.8 Å². The van der Waals surface area contributed by atoms with Crippen molar-refractivity contribution in [2.24, 2.45) is 0 Å². The van der Waals surface area contributed by atoms with Crippen LogP contribution in [0.1, 0.15) is 35.8 Å². The Morgan fingerprint density at radius 1 is 0.964 bits per heavy atom. The first-order chi connectivity index (χ1) is 13.6. The number of nitrogens with zero attached hydrogens (tertiary/aromatic N) is 2. The van der Waals surface area contributed by atoms with Gasteiger partial charge in [-0.15, -0.1) is 0 Å². The topological polar surface area (TPSA) is 26.4 Å². The molecular formula is C24H21BrN2O. The van der Waals surface area contributed by atoms with Gasteiger partial charge in [0.15, 0.2) is 5.78 Å². The van der Waals surface area contributed by atoms with Gasteiger partial charge in [0.25, 0.3) is 0 Å². The van der Waals surface area contributed by atoms with Gasteiger partial charge < -0.3 is 4.57 Å². The Kier molecular flexibility index (Phi) is 4.24. The highest BCUT2D eigenvalue weighted by molar-refractivity contribution is 9.10. The number of aryl methyl sites for hydroxylation is 2. The molecule has 0 radical (unpaired) electrons. The summed E-state index contributed by atoms with van der Waals surface area (Å²) in [6.45, 7) is 2.66. The molecule has 3 heterocycles. The van der Waals surface area contributed by atoms with Crippen LogP contribution >= 0.6 is 15.9 Å². The largest absolute Gasteiger partial charge is 0.325 e. The van der Waals surface area contributed by atoms with Crippen LogP contribution in [0, 0.1) is 0 Å². The molecule has 0 fully saturated rings.